The number of Topliss-reactive ketones (excluding diaryl/α,β-unsaturated/α-hetero) is 1. The van der Waals surface area contributed by atoms with Gasteiger partial charge in [0.25, 0.3) is 0 Å². The minimum Gasteiger partial charge on any atom is -0.393 e. The van der Waals surface area contributed by atoms with Gasteiger partial charge in [-0.15, -0.1) is 0 Å². The van der Waals surface area contributed by atoms with Gasteiger partial charge in [-0.1, -0.05) is 34.6 Å². The first-order valence-corrected chi connectivity index (χ1v) is 13.1. The molecule has 32 heavy (non-hydrogen) atoms. The van der Waals surface area contributed by atoms with Crippen LogP contribution in [0.4, 0.5) is 0 Å². The van der Waals surface area contributed by atoms with E-state index in [1.165, 1.54) is 0 Å². The van der Waals surface area contributed by atoms with Crippen molar-refractivity contribution in [1.29, 1.82) is 0 Å². The molecule has 4 rings (SSSR count). The SMILES string of the molecule is CC(C)C(O)CCC(C)C1CC(=O)C2C1(C)CCC1C3(C)CCC(O)CC3C(O)CC12O. The second kappa shape index (κ2) is 8.32. The summed E-state index contributed by atoms with van der Waals surface area (Å²) in [6, 6.07) is 0. The molecule has 4 aliphatic carbocycles. The Hall–Kier alpha value is -0.490. The molecule has 11 unspecified atom stereocenters. The molecule has 184 valence electrons. The van der Waals surface area contributed by atoms with Gasteiger partial charge in [-0.3, -0.25) is 4.79 Å². The predicted molar refractivity (Wildman–Crippen MR) is 124 cm³/mol. The summed E-state index contributed by atoms with van der Waals surface area (Å²) in [6.45, 7) is 10.7. The van der Waals surface area contributed by atoms with Crippen LogP contribution in [0.1, 0.15) is 92.4 Å². The van der Waals surface area contributed by atoms with Gasteiger partial charge in [0, 0.05) is 12.8 Å². The van der Waals surface area contributed by atoms with Gasteiger partial charge in [0.1, 0.15) is 5.78 Å². The van der Waals surface area contributed by atoms with Crippen LogP contribution >= 0.6 is 0 Å². The van der Waals surface area contributed by atoms with E-state index < -0.39 is 17.6 Å². The first-order chi connectivity index (χ1) is 14.8. The van der Waals surface area contributed by atoms with Gasteiger partial charge in [-0.05, 0) is 85.4 Å². The zero-order valence-corrected chi connectivity index (χ0v) is 20.8. The second-order valence-corrected chi connectivity index (χ2v) is 13.0. The van der Waals surface area contributed by atoms with Crippen LogP contribution < -0.4 is 0 Å². The maximum absolute atomic E-state index is 13.5. The maximum Gasteiger partial charge on any atom is 0.139 e. The van der Waals surface area contributed by atoms with E-state index in [4.69, 9.17) is 0 Å². The van der Waals surface area contributed by atoms with Crippen molar-refractivity contribution in [2.45, 2.75) is 116 Å². The lowest BCUT2D eigenvalue weighted by molar-refractivity contribution is -0.250. The Morgan fingerprint density at radius 2 is 1.69 bits per heavy atom. The number of fused-ring (bicyclic) bond motifs is 5. The van der Waals surface area contributed by atoms with Crippen LogP contribution in [-0.4, -0.2) is 50.1 Å². The summed E-state index contributed by atoms with van der Waals surface area (Å²) in [7, 11) is 0. The van der Waals surface area contributed by atoms with Crippen molar-refractivity contribution in [3.8, 4) is 0 Å². The lowest BCUT2D eigenvalue weighted by Crippen LogP contribution is -2.68. The Bertz CT molecular complexity index is 723. The van der Waals surface area contributed by atoms with E-state index in [2.05, 4.69) is 20.8 Å². The molecule has 11 atom stereocenters. The lowest BCUT2D eigenvalue weighted by atomic mass is 9.42. The highest BCUT2D eigenvalue weighted by atomic mass is 16.3. The van der Waals surface area contributed by atoms with E-state index in [0.29, 0.717) is 25.2 Å². The minimum atomic E-state index is -1.16. The Kier molecular flexibility index (Phi) is 6.40. The molecular weight excluding hydrogens is 404 g/mol. The first kappa shape index (κ1) is 24.6. The molecule has 0 bridgehead atoms. The number of hydrogen-bond donors (Lipinski definition) is 4. The summed E-state index contributed by atoms with van der Waals surface area (Å²) in [4.78, 5) is 13.5. The molecule has 5 heteroatoms. The van der Waals surface area contributed by atoms with Crippen LogP contribution in [0.25, 0.3) is 0 Å². The highest BCUT2D eigenvalue weighted by molar-refractivity contribution is 5.86. The number of carbonyl (C=O) groups excluding carboxylic acids is 1. The summed E-state index contributed by atoms with van der Waals surface area (Å²) in [5.41, 5.74) is -1.66. The molecule has 0 aromatic carbocycles. The normalized spacial score (nSPS) is 50.5. The fraction of sp³-hybridized carbons (Fsp3) is 0.963. The molecule has 0 radical (unpaired) electrons. The van der Waals surface area contributed by atoms with E-state index in [1.807, 2.05) is 13.8 Å². The fourth-order valence-electron chi connectivity index (χ4n) is 9.07. The summed E-state index contributed by atoms with van der Waals surface area (Å²) in [6.07, 6.45) is 4.94. The van der Waals surface area contributed by atoms with Crippen molar-refractivity contribution < 1.29 is 25.2 Å². The highest BCUT2D eigenvalue weighted by Gasteiger charge is 2.70. The molecule has 4 aliphatic rings. The quantitative estimate of drug-likeness (QED) is 0.512. The molecule has 4 saturated carbocycles. The fourth-order valence-corrected chi connectivity index (χ4v) is 9.07. The van der Waals surface area contributed by atoms with Crippen molar-refractivity contribution >= 4 is 5.78 Å². The monoisotopic (exact) mass is 450 g/mol. The molecule has 0 amide bonds. The summed E-state index contributed by atoms with van der Waals surface area (Å²) < 4.78 is 0. The van der Waals surface area contributed by atoms with Crippen LogP contribution in [0.5, 0.6) is 0 Å². The predicted octanol–water partition coefficient (Wildman–Crippen LogP) is 3.70. The molecule has 0 aromatic heterocycles. The van der Waals surface area contributed by atoms with E-state index in [9.17, 15) is 25.2 Å². The Morgan fingerprint density at radius 1 is 1.03 bits per heavy atom. The average Bonchev–Trinajstić information content (AvgIpc) is 2.98. The van der Waals surface area contributed by atoms with Gasteiger partial charge in [-0.25, -0.2) is 0 Å². The minimum absolute atomic E-state index is 0.00487. The number of aliphatic hydroxyl groups excluding tert-OH is 3. The maximum atomic E-state index is 13.5. The smallest absolute Gasteiger partial charge is 0.139 e. The molecule has 0 aliphatic heterocycles. The van der Waals surface area contributed by atoms with Crippen molar-refractivity contribution in [2.75, 3.05) is 0 Å². The van der Waals surface area contributed by atoms with Gasteiger partial charge in [0.05, 0.1) is 29.8 Å². The summed E-state index contributed by atoms with van der Waals surface area (Å²) >= 11 is 0. The van der Waals surface area contributed by atoms with Gasteiger partial charge in [0.15, 0.2) is 0 Å². The van der Waals surface area contributed by atoms with E-state index in [-0.39, 0.29) is 58.9 Å². The van der Waals surface area contributed by atoms with Crippen LogP contribution in [0.2, 0.25) is 0 Å². The van der Waals surface area contributed by atoms with Gasteiger partial charge in [-0.2, -0.15) is 0 Å². The average molecular weight is 451 g/mol. The number of ketones is 1. The third-order valence-electron chi connectivity index (χ3n) is 10.9. The van der Waals surface area contributed by atoms with Gasteiger partial charge < -0.3 is 20.4 Å². The largest absolute Gasteiger partial charge is 0.393 e. The Labute approximate surface area is 194 Å². The van der Waals surface area contributed by atoms with Gasteiger partial charge in [0.2, 0.25) is 0 Å². The molecule has 4 fully saturated rings. The summed E-state index contributed by atoms with van der Waals surface area (Å²) in [5.74, 6) is 0.489. The lowest BCUT2D eigenvalue weighted by Gasteiger charge is -2.65. The Balaban J connectivity index is 1.60. The molecular formula is C27H46O5. The number of carbonyl (C=O) groups is 1. The molecule has 4 N–H and O–H groups in total. The summed E-state index contributed by atoms with van der Waals surface area (Å²) in [5, 5.41) is 43.9. The molecule has 0 heterocycles. The van der Waals surface area contributed by atoms with E-state index in [0.717, 1.165) is 32.1 Å². The Morgan fingerprint density at radius 3 is 2.34 bits per heavy atom. The first-order valence-electron chi connectivity index (χ1n) is 13.1. The van der Waals surface area contributed by atoms with Crippen molar-refractivity contribution in [3.63, 3.8) is 0 Å². The van der Waals surface area contributed by atoms with Crippen LogP contribution in [0.3, 0.4) is 0 Å². The molecule has 5 nitrogen and oxygen atoms in total. The van der Waals surface area contributed by atoms with Crippen molar-refractivity contribution in [1.82, 2.24) is 0 Å². The molecule has 0 saturated heterocycles. The third-order valence-corrected chi connectivity index (χ3v) is 10.9. The second-order valence-electron chi connectivity index (χ2n) is 13.0. The number of aliphatic hydroxyl groups is 4. The zero-order chi connectivity index (χ0) is 23.6. The van der Waals surface area contributed by atoms with Crippen LogP contribution in [0, 0.1) is 46.3 Å². The number of rotatable bonds is 5. The van der Waals surface area contributed by atoms with Crippen LogP contribution in [-0.2, 0) is 4.79 Å². The third kappa shape index (κ3) is 3.61. The van der Waals surface area contributed by atoms with Crippen molar-refractivity contribution in [3.05, 3.63) is 0 Å². The molecule has 0 spiro atoms. The van der Waals surface area contributed by atoms with E-state index in [1.54, 1.807) is 0 Å². The molecule has 0 aromatic rings. The van der Waals surface area contributed by atoms with Crippen LogP contribution in [0.15, 0.2) is 0 Å². The highest BCUT2D eigenvalue weighted by Crippen LogP contribution is 2.69. The zero-order valence-electron chi connectivity index (χ0n) is 20.8. The van der Waals surface area contributed by atoms with Gasteiger partial charge >= 0.3 is 0 Å². The van der Waals surface area contributed by atoms with E-state index >= 15 is 0 Å². The topological polar surface area (TPSA) is 98.0 Å². The van der Waals surface area contributed by atoms with Crippen molar-refractivity contribution in [2.24, 2.45) is 46.3 Å². The number of hydrogen-bond acceptors (Lipinski definition) is 5. The standard InChI is InChI=1S/C27H46O5/c1-15(2)20(29)7-6-16(3)18-13-21(30)24-26(18,5)11-9-23-25(4)10-8-17(28)12-19(25)22(31)14-27(23,24)32/h15-20,22-24,28-29,31-32H,6-14H2,1-5H3.